The number of aromatic nitrogens is 1. The number of ether oxygens (including phenoxy) is 1. The molecule has 0 spiro atoms. The van der Waals surface area contributed by atoms with E-state index in [0.717, 1.165) is 17.7 Å². The number of hydrazine groups is 1. The summed E-state index contributed by atoms with van der Waals surface area (Å²) in [4.78, 5) is 20.8. The molecule has 3 rings (SSSR count). The normalized spacial score (nSPS) is 11.9. The van der Waals surface area contributed by atoms with E-state index in [1.54, 1.807) is 49.5 Å². The van der Waals surface area contributed by atoms with Crippen LogP contribution >= 0.6 is 0 Å². The van der Waals surface area contributed by atoms with Crippen molar-refractivity contribution in [3.8, 4) is 5.75 Å². The Morgan fingerprint density at radius 1 is 1.05 bits per heavy atom. The number of pyridine rings is 1. The highest BCUT2D eigenvalue weighted by Gasteiger charge is 2.32. The first-order valence-electron chi connectivity index (χ1n) is 12.3. The Morgan fingerprint density at radius 2 is 1.77 bits per heavy atom. The lowest BCUT2D eigenvalue weighted by molar-refractivity contribution is -0.137. The number of rotatable bonds is 10. The van der Waals surface area contributed by atoms with Crippen LogP contribution < -0.4 is 31.5 Å². The number of nitrogens with two attached hydrogens (primary N) is 2. The van der Waals surface area contributed by atoms with E-state index in [0.29, 0.717) is 41.5 Å². The third kappa shape index (κ3) is 7.87. The number of nitrogens with one attached hydrogen (secondary N) is 1. The van der Waals surface area contributed by atoms with E-state index in [1.807, 2.05) is 19.0 Å². The molecule has 0 radical (unpaired) electrons. The number of nitrogens with zero attached hydrogens (tertiary/aromatic N) is 4. The minimum absolute atomic E-state index is 0.0212. The van der Waals surface area contributed by atoms with Gasteiger partial charge in [-0.3, -0.25) is 14.8 Å². The van der Waals surface area contributed by atoms with Gasteiger partial charge >= 0.3 is 6.18 Å². The molecule has 0 bridgehead atoms. The van der Waals surface area contributed by atoms with Crippen LogP contribution in [0.3, 0.4) is 0 Å². The monoisotopic (exact) mass is 557 g/mol. The minimum Gasteiger partial charge on any atom is -0.495 e. The number of benzene rings is 2. The highest BCUT2D eigenvalue weighted by atomic mass is 19.4. The molecule has 0 unspecified atom stereocenters. The van der Waals surface area contributed by atoms with Gasteiger partial charge in [-0.15, -0.1) is 0 Å². The minimum atomic E-state index is -4.58. The lowest BCUT2D eigenvalue weighted by Gasteiger charge is -2.23. The fourth-order valence-electron chi connectivity index (χ4n) is 3.76. The van der Waals surface area contributed by atoms with Gasteiger partial charge in [-0.2, -0.15) is 13.2 Å². The Hall–Kier alpha value is -4.29. The summed E-state index contributed by atoms with van der Waals surface area (Å²) in [5.41, 5.74) is 7.99. The molecule has 1 amide bonds. The van der Waals surface area contributed by atoms with Gasteiger partial charge in [0.2, 0.25) is 0 Å². The third-order valence-corrected chi connectivity index (χ3v) is 6.14. The van der Waals surface area contributed by atoms with E-state index in [2.05, 4.69) is 10.3 Å². The summed E-state index contributed by atoms with van der Waals surface area (Å²) < 4.78 is 46.1. The van der Waals surface area contributed by atoms with Crippen LogP contribution in [0.5, 0.6) is 5.75 Å². The molecule has 0 saturated carbocycles. The van der Waals surface area contributed by atoms with Crippen LogP contribution in [0.2, 0.25) is 0 Å². The Labute approximate surface area is 231 Å². The molecular weight excluding hydrogens is 523 g/mol. The predicted octanol–water partition coefficient (Wildman–Crippen LogP) is 4.30. The van der Waals surface area contributed by atoms with Crippen LogP contribution in [-0.2, 0) is 6.18 Å². The van der Waals surface area contributed by atoms with E-state index >= 15 is 0 Å². The van der Waals surface area contributed by atoms with Crippen LogP contribution in [0, 0.1) is 6.92 Å². The van der Waals surface area contributed by atoms with Crippen molar-refractivity contribution >= 4 is 28.7 Å². The number of carbonyl (C=O) groups is 1. The van der Waals surface area contributed by atoms with Crippen molar-refractivity contribution in [2.75, 3.05) is 56.6 Å². The van der Waals surface area contributed by atoms with Crippen LogP contribution in [0.25, 0.3) is 5.70 Å². The van der Waals surface area contributed by atoms with Gasteiger partial charge in [-0.25, -0.2) is 5.84 Å². The molecule has 40 heavy (non-hydrogen) atoms. The number of likely N-dealkylation sites (N-methyl/N-ethyl adjacent to an activating group) is 2. The van der Waals surface area contributed by atoms with Gasteiger partial charge in [0.05, 0.1) is 30.3 Å². The lowest BCUT2D eigenvalue weighted by Crippen LogP contribution is -2.28. The molecule has 12 heteroatoms. The summed E-state index contributed by atoms with van der Waals surface area (Å²) in [6.07, 6.45) is -0.0127. The average molecular weight is 558 g/mol. The van der Waals surface area contributed by atoms with E-state index in [4.69, 9.17) is 16.3 Å². The molecule has 214 valence electrons. The smallest absolute Gasteiger partial charge is 0.416 e. The van der Waals surface area contributed by atoms with Gasteiger partial charge in [0.25, 0.3) is 5.91 Å². The fraction of sp³-hybridized carbons (Fsp3) is 0.286. The topological polar surface area (TPSA) is 113 Å². The van der Waals surface area contributed by atoms with Crippen LogP contribution in [0.15, 0.2) is 61.1 Å². The largest absolute Gasteiger partial charge is 0.495 e. The lowest BCUT2D eigenvalue weighted by atomic mass is 10.1. The predicted molar refractivity (Wildman–Crippen MR) is 152 cm³/mol. The Morgan fingerprint density at radius 3 is 2.42 bits per heavy atom. The Bertz CT molecular complexity index is 1380. The highest BCUT2D eigenvalue weighted by Crippen LogP contribution is 2.34. The molecule has 0 saturated heterocycles. The molecule has 0 aliphatic heterocycles. The number of carbonyl (C=O) groups excluding carboxylic acids is 1. The maximum absolute atomic E-state index is 13.7. The first-order chi connectivity index (χ1) is 18.8. The standard InChI is InChI=1S/C28H34F3N7O2/c1-18-6-7-19(11-26(18)38(33)17-25(32)20-10-24(40-5)16-34-15-20)27(39)35-22-12-21(28(29,30)31)13-23(14-22)37(4)9-8-36(2)3/h6-7,10-17H,8-9,32-33H2,1-5H3,(H,35,39)/b25-17-. The van der Waals surface area contributed by atoms with Crippen molar-refractivity contribution in [1.29, 1.82) is 0 Å². The molecule has 0 atom stereocenters. The number of aryl methyl sites for hydroxylation is 1. The first-order valence-corrected chi connectivity index (χ1v) is 12.3. The van der Waals surface area contributed by atoms with Crippen molar-refractivity contribution in [2.24, 2.45) is 11.6 Å². The molecule has 0 aliphatic carbocycles. The molecular formula is C28H34F3N7O2. The first kappa shape index (κ1) is 30.3. The average Bonchev–Trinajstić information content (AvgIpc) is 2.91. The van der Waals surface area contributed by atoms with E-state index in [9.17, 15) is 18.0 Å². The number of alkyl halides is 3. The molecule has 1 heterocycles. The summed E-state index contributed by atoms with van der Waals surface area (Å²) >= 11 is 0. The molecule has 1 aromatic heterocycles. The second kappa shape index (κ2) is 12.7. The number of hydrogen-bond acceptors (Lipinski definition) is 8. The molecule has 5 N–H and O–H groups in total. The van der Waals surface area contributed by atoms with Gasteiger partial charge in [0.15, 0.2) is 0 Å². The summed E-state index contributed by atoms with van der Waals surface area (Å²) in [5.74, 6) is 6.19. The SMILES string of the molecule is COc1cncc(/C(N)=C/N(N)c2cc(C(=O)Nc3cc(N(C)CCN(C)C)cc(C(F)(F)F)c3)ccc2C)c1. The molecule has 0 aliphatic rings. The maximum Gasteiger partial charge on any atom is 0.416 e. The molecule has 0 fully saturated rings. The van der Waals surface area contributed by atoms with Gasteiger partial charge < -0.3 is 25.6 Å². The van der Waals surface area contributed by atoms with Gasteiger partial charge in [-0.05, 0) is 63.0 Å². The zero-order valence-electron chi connectivity index (χ0n) is 23.1. The maximum atomic E-state index is 13.7. The highest BCUT2D eigenvalue weighted by molar-refractivity contribution is 6.05. The van der Waals surface area contributed by atoms with Crippen molar-refractivity contribution in [3.05, 3.63) is 83.3 Å². The van der Waals surface area contributed by atoms with E-state index in [1.165, 1.54) is 30.5 Å². The third-order valence-electron chi connectivity index (χ3n) is 6.14. The van der Waals surface area contributed by atoms with Gasteiger partial charge in [0.1, 0.15) is 5.75 Å². The quantitative estimate of drug-likeness (QED) is 0.250. The molecule has 3 aromatic rings. The number of anilines is 3. The number of amides is 1. The van der Waals surface area contributed by atoms with Crippen LogP contribution in [0.1, 0.15) is 27.0 Å². The molecule has 2 aromatic carbocycles. The van der Waals surface area contributed by atoms with Crippen molar-refractivity contribution in [3.63, 3.8) is 0 Å². The number of halogens is 3. The Kier molecular flexibility index (Phi) is 9.61. The summed E-state index contributed by atoms with van der Waals surface area (Å²) in [6.45, 7) is 2.94. The van der Waals surface area contributed by atoms with Crippen LogP contribution in [-0.4, -0.2) is 57.1 Å². The van der Waals surface area contributed by atoms with Gasteiger partial charge in [0, 0.05) is 55.0 Å². The fourth-order valence-corrected chi connectivity index (χ4v) is 3.76. The second-order valence-corrected chi connectivity index (χ2v) is 9.55. The van der Waals surface area contributed by atoms with Crippen molar-refractivity contribution < 1.29 is 22.7 Å². The Balaban J connectivity index is 1.88. The van der Waals surface area contributed by atoms with Crippen molar-refractivity contribution in [1.82, 2.24) is 9.88 Å². The van der Waals surface area contributed by atoms with Crippen LogP contribution in [0.4, 0.5) is 30.2 Å². The second-order valence-electron chi connectivity index (χ2n) is 9.55. The molecule has 9 nitrogen and oxygen atoms in total. The summed E-state index contributed by atoms with van der Waals surface area (Å²) in [5, 5.41) is 3.87. The summed E-state index contributed by atoms with van der Waals surface area (Å²) in [6, 6.07) is 9.99. The van der Waals surface area contributed by atoms with E-state index < -0.39 is 17.6 Å². The number of methoxy groups -OCH3 is 1. The number of hydrogen-bond donors (Lipinski definition) is 3. The summed E-state index contributed by atoms with van der Waals surface area (Å²) in [7, 11) is 6.97. The van der Waals surface area contributed by atoms with Gasteiger partial charge in [-0.1, -0.05) is 6.07 Å². The zero-order chi connectivity index (χ0) is 29.6. The van der Waals surface area contributed by atoms with E-state index in [-0.39, 0.29) is 11.3 Å². The van der Waals surface area contributed by atoms with Crippen molar-refractivity contribution in [2.45, 2.75) is 13.1 Å². The zero-order valence-corrected chi connectivity index (χ0v) is 23.1.